The first kappa shape index (κ1) is 12.2. The zero-order valence-corrected chi connectivity index (χ0v) is 9.55. The van der Waals surface area contributed by atoms with Gasteiger partial charge in [0.1, 0.15) is 0 Å². The summed E-state index contributed by atoms with van der Waals surface area (Å²) in [6.07, 6.45) is -2.28. The fourth-order valence-corrected chi connectivity index (χ4v) is 2.96. The number of thioether (sulfide) groups is 1. The number of halogens is 3. The Bertz CT molecular complexity index is 447. The Balaban J connectivity index is 1.90. The molecule has 1 fully saturated rings. The molecule has 2 rings (SSSR count). The van der Waals surface area contributed by atoms with Gasteiger partial charge in [-0.1, -0.05) is 0 Å². The molecule has 0 atom stereocenters. The van der Waals surface area contributed by atoms with Crippen LogP contribution in [0.5, 0.6) is 0 Å². The minimum Gasteiger partial charge on any atom is -0.250 e. The minimum atomic E-state index is -4.07. The summed E-state index contributed by atoms with van der Waals surface area (Å²) >= 11 is 1.32. The highest BCUT2D eigenvalue weighted by molar-refractivity contribution is 7.99. The maximum Gasteiger partial charge on any atom is 0.391 e. The number of hydrogen-bond donors (Lipinski definition) is 0. The van der Waals surface area contributed by atoms with Crippen LogP contribution in [0.15, 0.2) is 23.4 Å². The summed E-state index contributed by atoms with van der Waals surface area (Å²) in [6, 6.07) is 5.15. The van der Waals surface area contributed by atoms with Crippen molar-refractivity contribution in [3.05, 3.63) is 23.9 Å². The maximum atomic E-state index is 12.3. The van der Waals surface area contributed by atoms with Gasteiger partial charge in [-0.2, -0.15) is 18.4 Å². The second-order valence-electron chi connectivity index (χ2n) is 3.94. The molecule has 1 aliphatic carbocycles. The summed E-state index contributed by atoms with van der Waals surface area (Å²) in [5.74, 6) is -1.17. The van der Waals surface area contributed by atoms with Gasteiger partial charge in [-0.3, -0.25) is 0 Å². The smallest absolute Gasteiger partial charge is 0.250 e. The number of nitrogens with zero attached hydrogens (tertiary/aromatic N) is 2. The Morgan fingerprint density at radius 3 is 2.71 bits per heavy atom. The van der Waals surface area contributed by atoms with Crippen molar-refractivity contribution in [3.63, 3.8) is 0 Å². The van der Waals surface area contributed by atoms with E-state index in [9.17, 15) is 13.2 Å². The molecule has 0 spiro atoms. The molecular weight excluding hydrogens is 249 g/mol. The zero-order chi connectivity index (χ0) is 12.5. The molecule has 2 nitrogen and oxygen atoms in total. The van der Waals surface area contributed by atoms with Gasteiger partial charge >= 0.3 is 6.18 Å². The second-order valence-corrected chi connectivity index (χ2v) is 5.27. The van der Waals surface area contributed by atoms with Gasteiger partial charge in [-0.15, -0.1) is 11.8 Å². The number of hydrogen-bond acceptors (Lipinski definition) is 3. The minimum absolute atomic E-state index is 0.0388. The van der Waals surface area contributed by atoms with Crippen molar-refractivity contribution in [2.45, 2.75) is 29.3 Å². The van der Waals surface area contributed by atoms with Gasteiger partial charge in [0.2, 0.25) is 0 Å². The Labute approximate surface area is 101 Å². The molecular formula is C11H9F3N2S. The standard InChI is InChI=1S/C11H9F3N2S/c12-11(13,14)8-4-9(5-8)17-10-3-7(6-15)1-2-16-10/h1-3,8-9H,4-5H2. The topological polar surface area (TPSA) is 36.7 Å². The van der Waals surface area contributed by atoms with E-state index >= 15 is 0 Å². The quantitative estimate of drug-likeness (QED) is 0.815. The highest BCUT2D eigenvalue weighted by Crippen LogP contribution is 2.47. The first-order valence-corrected chi connectivity index (χ1v) is 5.96. The largest absolute Gasteiger partial charge is 0.391 e. The summed E-state index contributed by atoms with van der Waals surface area (Å²) < 4.78 is 36.8. The van der Waals surface area contributed by atoms with Crippen LogP contribution >= 0.6 is 11.8 Å². The van der Waals surface area contributed by atoms with Crippen LogP contribution in [0, 0.1) is 17.2 Å². The van der Waals surface area contributed by atoms with Crippen molar-refractivity contribution in [3.8, 4) is 6.07 Å². The zero-order valence-electron chi connectivity index (χ0n) is 8.74. The molecule has 0 amide bonds. The van der Waals surface area contributed by atoms with Crippen molar-refractivity contribution in [1.82, 2.24) is 4.98 Å². The Hall–Kier alpha value is -1.22. The highest BCUT2D eigenvalue weighted by atomic mass is 32.2. The average molecular weight is 258 g/mol. The van der Waals surface area contributed by atoms with Crippen LogP contribution in [0.4, 0.5) is 13.2 Å². The van der Waals surface area contributed by atoms with Crippen molar-refractivity contribution in [1.29, 1.82) is 5.26 Å². The molecule has 0 aromatic carbocycles. The SMILES string of the molecule is N#Cc1ccnc(SC2CC(C(F)(F)F)C2)c1. The van der Waals surface area contributed by atoms with E-state index < -0.39 is 12.1 Å². The van der Waals surface area contributed by atoms with Crippen LogP contribution in [0.1, 0.15) is 18.4 Å². The average Bonchev–Trinajstić information content (AvgIpc) is 2.21. The summed E-state index contributed by atoms with van der Waals surface area (Å²) in [5, 5.41) is 9.26. The molecule has 0 aliphatic heterocycles. The van der Waals surface area contributed by atoms with Crippen LogP contribution in [-0.4, -0.2) is 16.4 Å². The predicted molar refractivity (Wildman–Crippen MR) is 57.4 cm³/mol. The fraction of sp³-hybridized carbons (Fsp3) is 0.455. The van der Waals surface area contributed by atoms with E-state index in [0.29, 0.717) is 10.6 Å². The fourth-order valence-electron chi connectivity index (χ4n) is 1.64. The van der Waals surface area contributed by atoms with Crippen LogP contribution < -0.4 is 0 Å². The van der Waals surface area contributed by atoms with Gasteiger partial charge in [0.15, 0.2) is 0 Å². The van der Waals surface area contributed by atoms with Crippen molar-refractivity contribution in [2.24, 2.45) is 5.92 Å². The van der Waals surface area contributed by atoms with E-state index in [-0.39, 0.29) is 18.1 Å². The Morgan fingerprint density at radius 2 is 2.12 bits per heavy atom. The van der Waals surface area contributed by atoms with Crippen LogP contribution in [0.2, 0.25) is 0 Å². The number of rotatable bonds is 2. The molecule has 0 unspecified atom stereocenters. The lowest BCUT2D eigenvalue weighted by Crippen LogP contribution is -2.37. The Kier molecular flexibility index (Phi) is 3.29. The van der Waals surface area contributed by atoms with Crippen LogP contribution in [0.3, 0.4) is 0 Å². The molecule has 1 saturated carbocycles. The molecule has 1 aromatic rings. The van der Waals surface area contributed by atoms with Crippen molar-refractivity contribution < 1.29 is 13.2 Å². The molecule has 0 saturated heterocycles. The van der Waals surface area contributed by atoms with Gasteiger partial charge in [0, 0.05) is 11.4 Å². The van der Waals surface area contributed by atoms with Gasteiger partial charge in [0.05, 0.1) is 22.6 Å². The third kappa shape index (κ3) is 2.91. The lowest BCUT2D eigenvalue weighted by molar-refractivity contribution is -0.192. The third-order valence-electron chi connectivity index (χ3n) is 2.71. The van der Waals surface area contributed by atoms with E-state index in [1.165, 1.54) is 18.0 Å². The summed E-state index contributed by atoms with van der Waals surface area (Å²) in [7, 11) is 0. The second kappa shape index (κ2) is 4.57. The highest BCUT2D eigenvalue weighted by Gasteiger charge is 2.48. The normalized spacial score (nSPS) is 23.9. The lowest BCUT2D eigenvalue weighted by atomic mass is 9.84. The maximum absolute atomic E-state index is 12.3. The number of pyridine rings is 1. The van der Waals surface area contributed by atoms with Crippen molar-refractivity contribution >= 4 is 11.8 Å². The number of nitriles is 1. The monoisotopic (exact) mass is 258 g/mol. The summed E-state index contributed by atoms with van der Waals surface area (Å²) in [5.41, 5.74) is 0.481. The molecule has 6 heteroatoms. The van der Waals surface area contributed by atoms with Gasteiger partial charge in [-0.05, 0) is 25.0 Å². The molecule has 0 bridgehead atoms. The molecule has 1 aliphatic rings. The summed E-state index contributed by atoms with van der Waals surface area (Å²) in [6.45, 7) is 0. The van der Waals surface area contributed by atoms with E-state index in [1.54, 1.807) is 12.1 Å². The lowest BCUT2D eigenvalue weighted by Gasteiger charge is -2.35. The van der Waals surface area contributed by atoms with Crippen molar-refractivity contribution in [2.75, 3.05) is 0 Å². The van der Waals surface area contributed by atoms with Crippen LogP contribution in [0.25, 0.3) is 0 Å². The third-order valence-corrected chi connectivity index (χ3v) is 3.89. The van der Waals surface area contributed by atoms with E-state index in [0.717, 1.165) is 0 Å². The molecule has 1 heterocycles. The number of aromatic nitrogens is 1. The molecule has 1 aromatic heterocycles. The first-order valence-electron chi connectivity index (χ1n) is 5.08. The van der Waals surface area contributed by atoms with E-state index in [4.69, 9.17) is 5.26 Å². The first-order chi connectivity index (χ1) is 7.99. The molecule has 90 valence electrons. The van der Waals surface area contributed by atoms with E-state index in [2.05, 4.69) is 4.98 Å². The van der Waals surface area contributed by atoms with Gasteiger partial charge in [-0.25, -0.2) is 4.98 Å². The predicted octanol–water partition coefficient (Wildman–Crippen LogP) is 3.39. The number of alkyl halides is 3. The molecule has 17 heavy (non-hydrogen) atoms. The van der Waals surface area contributed by atoms with Crippen LogP contribution in [-0.2, 0) is 0 Å². The molecule has 0 N–H and O–H groups in total. The molecule has 0 radical (unpaired) electrons. The van der Waals surface area contributed by atoms with Gasteiger partial charge < -0.3 is 0 Å². The summed E-state index contributed by atoms with van der Waals surface area (Å²) in [4.78, 5) is 4.03. The van der Waals surface area contributed by atoms with E-state index in [1.807, 2.05) is 6.07 Å². The Morgan fingerprint density at radius 1 is 1.41 bits per heavy atom. The van der Waals surface area contributed by atoms with Gasteiger partial charge in [0.25, 0.3) is 0 Å².